The number of halogens is 1. The van der Waals surface area contributed by atoms with E-state index in [1.807, 2.05) is 26.0 Å². The highest BCUT2D eigenvalue weighted by Crippen LogP contribution is 2.34. The summed E-state index contributed by atoms with van der Waals surface area (Å²) in [6, 6.07) is 13.9. The molecule has 0 radical (unpaired) electrons. The number of amides is 1. The molecular formula is C26H26BrN3O4S. The number of nitrogens with zero attached hydrogens (tertiary/aromatic N) is 3. The predicted octanol–water partition coefficient (Wildman–Crippen LogP) is 4.77. The Labute approximate surface area is 213 Å². The molecule has 2 heterocycles. The average Bonchev–Trinajstić information content (AvgIpc) is 3.18. The van der Waals surface area contributed by atoms with E-state index >= 15 is 0 Å². The number of pyridine rings is 1. The van der Waals surface area contributed by atoms with Crippen LogP contribution in [-0.4, -0.2) is 53.0 Å². The molecule has 0 fully saturated rings. The largest absolute Gasteiger partial charge is 0.392 e. The van der Waals surface area contributed by atoms with Gasteiger partial charge in [-0.2, -0.15) is 0 Å². The molecule has 1 N–H and O–H groups in total. The Morgan fingerprint density at radius 1 is 1.14 bits per heavy atom. The van der Waals surface area contributed by atoms with Crippen molar-refractivity contribution in [3.8, 4) is 11.1 Å². The van der Waals surface area contributed by atoms with Crippen LogP contribution in [0.3, 0.4) is 0 Å². The van der Waals surface area contributed by atoms with Gasteiger partial charge in [0.2, 0.25) is 0 Å². The van der Waals surface area contributed by atoms with Crippen molar-refractivity contribution in [3.63, 3.8) is 0 Å². The maximum atomic E-state index is 13.5. The van der Waals surface area contributed by atoms with Gasteiger partial charge in [0.1, 0.15) is 0 Å². The van der Waals surface area contributed by atoms with Crippen molar-refractivity contribution in [2.75, 3.05) is 13.6 Å². The number of rotatable bonds is 6. The number of carbonyl (C=O) groups excluding carboxylic acids is 1. The molecule has 182 valence electrons. The first kappa shape index (κ1) is 25.1. The van der Waals surface area contributed by atoms with E-state index in [0.29, 0.717) is 22.2 Å². The van der Waals surface area contributed by atoms with E-state index in [-0.39, 0.29) is 17.3 Å². The third kappa shape index (κ3) is 4.89. The molecule has 0 saturated heterocycles. The smallest absolute Gasteiger partial charge is 0.269 e. The maximum Gasteiger partial charge on any atom is 0.269 e. The summed E-state index contributed by atoms with van der Waals surface area (Å²) >= 11 is 3.44. The standard InChI is InChI=1S/C26H26BrN3O4S/c1-16-5-8-21(9-6-16)35(33,34)30-15-24(23-12-20(27)13-28-25(23)30)19-7-10-22(17(2)11-19)26(32)29(4)14-18(3)31/h5-13,15,18,31H,14H2,1-4H3/t18-/m1/s1. The lowest BCUT2D eigenvalue weighted by Gasteiger charge is -2.20. The fraction of sp³-hybridized carbons (Fsp3) is 0.231. The number of aliphatic hydroxyl groups excluding tert-OH is 1. The number of hydrogen-bond acceptors (Lipinski definition) is 5. The molecule has 4 rings (SSSR count). The highest BCUT2D eigenvalue weighted by atomic mass is 79.9. The molecule has 0 aliphatic heterocycles. The Hall–Kier alpha value is -3.01. The summed E-state index contributed by atoms with van der Waals surface area (Å²) in [7, 11) is -2.23. The van der Waals surface area contributed by atoms with Crippen molar-refractivity contribution >= 4 is 42.9 Å². The fourth-order valence-electron chi connectivity index (χ4n) is 4.05. The first-order chi connectivity index (χ1) is 16.5. The number of benzene rings is 2. The van der Waals surface area contributed by atoms with Crippen molar-refractivity contribution in [1.82, 2.24) is 13.9 Å². The number of likely N-dealkylation sites (N-methyl/N-ethyl adjacent to an activating group) is 1. The van der Waals surface area contributed by atoms with Gasteiger partial charge >= 0.3 is 0 Å². The van der Waals surface area contributed by atoms with Crippen molar-refractivity contribution in [3.05, 3.63) is 82.1 Å². The zero-order chi connectivity index (χ0) is 25.5. The lowest BCUT2D eigenvalue weighted by atomic mass is 9.99. The monoisotopic (exact) mass is 555 g/mol. The summed E-state index contributed by atoms with van der Waals surface area (Å²) in [5.41, 5.74) is 4.00. The van der Waals surface area contributed by atoms with Crippen molar-refractivity contribution in [2.24, 2.45) is 0 Å². The Balaban J connectivity index is 1.84. The van der Waals surface area contributed by atoms with E-state index < -0.39 is 16.1 Å². The van der Waals surface area contributed by atoms with Gasteiger partial charge in [-0.3, -0.25) is 4.79 Å². The fourth-order valence-corrected chi connectivity index (χ4v) is 5.70. The quantitative estimate of drug-likeness (QED) is 0.370. The van der Waals surface area contributed by atoms with Crippen LogP contribution in [0.25, 0.3) is 22.2 Å². The van der Waals surface area contributed by atoms with Crippen LogP contribution in [0.4, 0.5) is 0 Å². The number of aryl methyl sites for hydroxylation is 2. The molecule has 0 bridgehead atoms. The van der Waals surface area contributed by atoms with Crippen LogP contribution >= 0.6 is 15.9 Å². The molecule has 9 heteroatoms. The summed E-state index contributed by atoms with van der Waals surface area (Å²) in [5.74, 6) is -0.191. The molecule has 0 aliphatic rings. The van der Waals surface area contributed by atoms with E-state index in [2.05, 4.69) is 20.9 Å². The van der Waals surface area contributed by atoms with Gasteiger partial charge in [-0.25, -0.2) is 17.4 Å². The van der Waals surface area contributed by atoms with Gasteiger partial charge in [0, 0.05) is 47.0 Å². The minimum absolute atomic E-state index is 0.176. The SMILES string of the molecule is Cc1ccc(S(=O)(=O)n2cc(-c3ccc(C(=O)N(C)C[C@@H](C)O)c(C)c3)c3cc(Br)cnc32)cc1. The molecule has 1 amide bonds. The number of aliphatic hydroxyl groups is 1. The van der Waals surface area contributed by atoms with E-state index in [9.17, 15) is 18.3 Å². The lowest BCUT2D eigenvalue weighted by molar-refractivity contribution is 0.0703. The first-order valence-corrected chi connectivity index (χ1v) is 13.3. The molecule has 4 aromatic rings. The number of carbonyl (C=O) groups is 1. The Morgan fingerprint density at radius 2 is 1.83 bits per heavy atom. The third-order valence-corrected chi connectivity index (χ3v) is 7.91. The van der Waals surface area contributed by atoms with E-state index in [4.69, 9.17) is 0 Å². The Kier molecular flexibility index (Phi) is 6.86. The van der Waals surface area contributed by atoms with Gasteiger partial charge in [-0.15, -0.1) is 0 Å². The van der Waals surface area contributed by atoms with Gasteiger partial charge < -0.3 is 10.0 Å². The summed E-state index contributed by atoms with van der Waals surface area (Å²) in [4.78, 5) is 18.9. The highest BCUT2D eigenvalue weighted by molar-refractivity contribution is 9.10. The van der Waals surface area contributed by atoms with Gasteiger partial charge in [0.25, 0.3) is 15.9 Å². The van der Waals surface area contributed by atoms with Crippen LogP contribution in [0, 0.1) is 13.8 Å². The third-order valence-electron chi connectivity index (χ3n) is 5.81. The van der Waals surface area contributed by atoms with Crippen LogP contribution in [0.2, 0.25) is 0 Å². The topological polar surface area (TPSA) is 92.5 Å². The van der Waals surface area contributed by atoms with Crippen LogP contribution in [0.5, 0.6) is 0 Å². The molecule has 0 aliphatic carbocycles. The van der Waals surface area contributed by atoms with Crippen molar-refractivity contribution in [2.45, 2.75) is 31.8 Å². The summed E-state index contributed by atoms with van der Waals surface area (Å²) in [6.45, 7) is 5.59. The second-order valence-corrected chi connectivity index (χ2v) is 11.5. The zero-order valence-electron chi connectivity index (χ0n) is 19.9. The maximum absolute atomic E-state index is 13.5. The second kappa shape index (κ2) is 9.56. The molecule has 0 unspecified atom stereocenters. The van der Waals surface area contributed by atoms with Crippen molar-refractivity contribution in [1.29, 1.82) is 0 Å². The average molecular weight is 556 g/mol. The minimum atomic E-state index is -3.88. The molecule has 2 aromatic carbocycles. The molecule has 35 heavy (non-hydrogen) atoms. The number of fused-ring (bicyclic) bond motifs is 1. The van der Waals surface area contributed by atoms with Gasteiger partial charge in [-0.05, 0) is 72.1 Å². The van der Waals surface area contributed by atoms with Crippen LogP contribution < -0.4 is 0 Å². The van der Waals surface area contributed by atoms with E-state index in [0.717, 1.165) is 21.2 Å². The van der Waals surface area contributed by atoms with Crippen LogP contribution in [0.1, 0.15) is 28.4 Å². The summed E-state index contributed by atoms with van der Waals surface area (Å²) < 4.78 is 28.9. The Bertz CT molecular complexity index is 1530. The van der Waals surface area contributed by atoms with Gasteiger partial charge in [-0.1, -0.05) is 29.8 Å². The van der Waals surface area contributed by atoms with Crippen LogP contribution in [0.15, 0.2) is 70.3 Å². The first-order valence-electron chi connectivity index (χ1n) is 11.0. The van der Waals surface area contributed by atoms with Gasteiger partial charge in [0.15, 0.2) is 5.65 Å². The van der Waals surface area contributed by atoms with Crippen molar-refractivity contribution < 1.29 is 18.3 Å². The zero-order valence-corrected chi connectivity index (χ0v) is 22.3. The Morgan fingerprint density at radius 3 is 2.46 bits per heavy atom. The molecular weight excluding hydrogens is 530 g/mol. The predicted molar refractivity (Wildman–Crippen MR) is 140 cm³/mol. The lowest BCUT2D eigenvalue weighted by Crippen LogP contribution is -2.33. The molecule has 1 atom stereocenters. The normalized spacial score (nSPS) is 12.6. The summed E-state index contributed by atoms with van der Waals surface area (Å²) in [6.07, 6.45) is 2.52. The van der Waals surface area contributed by atoms with Crippen LogP contribution in [-0.2, 0) is 10.0 Å². The summed E-state index contributed by atoms with van der Waals surface area (Å²) in [5, 5.41) is 10.3. The minimum Gasteiger partial charge on any atom is -0.392 e. The number of aromatic nitrogens is 2. The molecule has 7 nitrogen and oxygen atoms in total. The highest BCUT2D eigenvalue weighted by Gasteiger charge is 2.24. The van der Waals surface area contributed by atoms with E-state index in [1.165, 1.54) is 8.87 Å². The van der Waals surface area contributed by atoms with Gasteiger partial charge in [0.05, 0.1) is 11.0 Å². The molecule has 0 saturated carbocycles. The second-order valence-electron chi connectivity index (χ2n) is 8.75. The van der Waals surface area contributed by atoms with E-state index in [1.54, 1.807) is 62.8 Å². The molecule has 0 spiro atoms. The molecule has 2 aromatic heterocycles. The number of hydrogen-bond donors (Lipinski definition) is 1.